The Morgan fingerprint density at radius 1 is 1.32 bits per heavy atom. The lowest BCUT2D eigenvalue weighted by molar-refractivity contribution is 0.169. The molecule has 1 aliphatic rings. The van der Waals surface area contributed by atoms with Crippen molar-refractivity contribution in [3.05, 3.63) is 41.1 Å². The third-order valence-corrected chi connectivity index (χ3v) is 3.70. The molecule has 1 aromatic heterocycles. The number of rotatable bonds is 3. The maximum atomic E-state index is 5.34. The third-order valence-electron chi connectivity index (χ3n) is 3.70. The Morgan fingerprint density at radius 2 is 2.14 bits per heavy atom. The second-order valence-corrected chi connectivity index (χ2v) is 5.73. The molecule has 0 radical (unpaired) electrons. The summed E-state index contributed by atoms with van der Waals surface area (Å²) in [5.41, 5.74) is 6.66. The molecule has 116 valence electrons. The number of hydrazine groups is 1. The highest BCUT2D eigenvalue weighted by Gasteiger charge is 2.23. The first-order valence-electron chi connectivity index (χ1n) is 7.38. The van der Waals surface area contributed by atoms with Gasteiger partial charge in [0.1, 0.15) is 5.75 Å². The number of H-pyrrole nitrogens is 1. The average molecular weight is 299 g/mol. The molecule has 1 aliphatic heterocycles. The Kier molecular flexibility index (Phi) is 3.85. The minimum absolute atomic E-state index is 0.352. The number of aromatic amines is 1. The van der Waals surface area contributed by atoms with Crippen LogP contribution in [0.15, 0.2) is 29.3 Å². The maximum Gasteiger partial charge on any atom is 0.175 e. The van der Waals surface area contributed by atoms with Gasteiger partial charge in [0.2, 0.25) is 0 Å². The van der Waals surface area contributed by atoms with Gasteiger partial charge >= 0.3 is 0 Å². The number of hydrogen-bond acceptors (Lipinski definition) is 4. The standard InChI is InChI=1S/C16H21N5O/c1-10(2)21-9-12-8-13(22-4)5-6-14(12)16(20-21)17-15-7-11(3)18-19-15/h5-8,10H,9H2,1-4H3,(H2,17,18,19,20). The number of hydrogen-bond donors (Lipinski definition) is 2. The van der Waals surface area contributed by atoms with Gasteiger partial charge in [0.05, 0.1) is 7.11 Å². The van der Waals surface area contributed by atoms with Crippen LogP contribution in [0, 0.1) is 6.92 Å². The molecule has 0 amide bonds. The summed E-state index contributed by atoms with van der Waals surface area (Å²) in [6, 6.07) is 8.34. The molecule has 0 unspecified atom stereocenters. The predicted molar refractivity (Wildman–Crippen MR) is 86.3 cm³/mol. The summed E-state index contributed by atoms with van der Waals surface area (Å²) in [4.78, 5) is 4.65. The molecule has 3 rings (SSSR count). The number of aliphatic imine (C=N–C) groups is 1. The normalized spacial score (nSPS) is 16.7. The van der Waals surface area contributed by atoms with Crippen LogP contribution in [0.2, 0.25) is 0 Å². The van der Waals surface area contributed by atoms with Crippen molar-refractivity contribution in [3.8, 4) is 5.75 Å². The van der Waals surface area contributed by atoms with Gasteiger partial charge in [-0.1, -0.05) is 0 Å². The van der Waals surface area contributed by atoms with Crippen LogP contribution >= 0.6 is 0 Å². The van der Waals surface area contributed by atoms with Crippen molar-refractivity contribution in [2.45, 2.75) is 33.4 Å². The monoisotopic (exact) mass is 299 g/mol. The topological polar surface area (TPSA) is 65.5 Å². The van der Waals surface area contributed by atoms with Gasteiger partial charge in [-0.2, -0.15) is 5.10 Å². The molecule has 0 bridgehead atoms. The number of nitrogens with zero attached hydrogens (tertiary/aromatic N) is 3. The molecule has 2 heterocycles. The fourth-order valence-corrected chi connectivity index (χ4v) is 2.45. The zero-order valence-electron chi connectivity index (χ0n) is 13.3. The van der Waals surface area contributed by atoms with Crippen LogP contribution in [0.4, 0.5) is 5.82 Å². The second-order valence-electron chi connectivity index (χ2n) is 5.73. The maximum absolute atomic E-state index is 5.34. The van der Waals surface area contributed by atoms with Crippen LogP contribution in [0.25, 0.3) is 0 Å². The number of benzene rings is 1. The number of fused-ring (bicyclic) bond motifs is 1. The Hall–Kier alpha value is -2.34. The van der Waals surface area contributed by atoms with Crippen molar-refractivity contribution in [3.63, 3.8) is 0 Å². The average Bonchev–Trinajstić information content (AvgIpc) is 2.91. The zero-order valence-corrected chi connectivity index (χ0v) is 13.3. The molecule has 0 saturated heterocycles. The van der Waals surface area contributed by atoms with Gasteiger partial charge in [0.15, 0.2) is 11.7 Å². The summed E-state index contributed by atoms with van der Waals surface area (Å²) in [7, 11) is 1.69. The van der Waals surface area contributed by atoms with E-state index in [2.05, 4.69) is 45.5 Å². The Bertz CT molecular complexity index is 704. The van der Waals surface area contributed by atoms with Gasteiger partial charge in [0.25, 0.3) is 0 Å². The largest absolute Gasteiger partial charge is 0.497 e. The van der Waals surface area contributed by atoms with E-state index in [-0.39, 0.29) is 0 Å². The number of methoxy groups -OCH3 is 1. The Balaban J connectivity index is 2.04. The highest BCUT2D eigenvalue weighted by molar-refractivity contribution is 6.02. The van der Waals surface area contributed by atoms with Gasteiger partial charge in [-0.15, -0.1) is 0 Å². The number of amidine groups is 1. The van der Waals surface area contributed by atoms with Crippen molar-refractivity contribution in [2.24, 2.45) is 4.99 Å². The quantitative estimate of drug-likeness (QED) is 0.914. The van der Waals surface area contributed by atoms with Gasteiger partial charge in [0, 0.05) is 29.9 Å². The van der Waals surface area contributed by atoms with Gasteiger partial charge in [-0.25, -0.2) is 10.0 Å². The van der Waals surface area contributed by atoms with E-state index < -0.39 is 0 Å². The van der Waals surface area contributed by atoms with Crippen LogP contribution in [-0.4, -0.2) is 34.2 Å². The van der Waals surface area contributed by atoms with Crippen LogP contribution in [0.5, 0.6) is 5.75 Å². The van der Waals surface area contributed by atoms with Crippen LogP contribution < -0.4 is 10.2 Å². The van der Waals surface area contributed by atoms with E-state index in [1.165, 1.54) is 5.56 Å². The molecule has 6 nitrogen and oxygen atoms in total. The van der Waals surface area contributed by atoms with Crippen molar-refractivity contribution < 1.29 is 4.74 Å². The number of aryl methyl sites for hydroxylation is 1. The third kappa shape index (κ3) is 2.82. The Labute approximate surface area is 130 Å². The molecule has 0 spiro atoms. The lowest BCUT2D eigenvalue weighted by atomic mass is 10.0. The molecule has 1 aromatic carbocycles. The molecule has 2 N–H and O–H groups in total. The van der Waals surface area contributed by atoms with E-state index in [1.807, 2.05) is 25.1 Å². The summed E-state index contributed by atoms with van der Waals surface area (Å²) in [6.45, 7) is 7.07. The highest BCUT2D eigenvalue weighted by atomic mass is 16.5. The molecule has 6 heteroatoms. The molecular formula is C16H21N5O. The summed E-state index contributed by atoms with van der Waals surface area (Å²) in [5, 5.41) is 9.26. The highest BCUT2D eigenvalue weighted by Crippen LogP contribution is 2.24. The van der Waals surface area contributed by atoms with E-state index in [4.69, 9.17) is 4.74 Å². The van der Waals surface area contributed by atoms with Crippen LogP contribution in [-0.2, 0) is 6.54 Å². The first-order chi connectivity index (χ1) is 10.6. The van der Waals surface area contributed by atoms with Gasteiger partial charge in [-0.3, -0.25) is 5.10 Å². The molecule has 0 atom stereocenters. The van der Waals surface area contributed by atoms with Crippen molar-refractivity contribution in [1.29, 1.82) is 0 Å². The lowest BCUT2D eigenvalue weighted by Crippen LogP contribution is -2.49. The van der Waals surface area contributed by atoms with Crippen LogP contribution in [0.1, 0.15) is 30.7 Å². The Morgan fingerprint density at radius 3 is 2.77 bits per heavy atom. The van der Waals surface area contributed by atoms with E-state index in [1.54, 1.807) is 7.11 Å². The fraction of sp³-hybridized carbons (Fsp3) is 0.375. The minimum Gasteiger partial charge on any atom is -0.497 e. The molecule has 2 aromatic rings. The second kappa shape index (κ2) is 5.81. The van der Waals surface area contributed by atoms with Gasteiger partial charge < -0.3 is 10.2 Å². The van der Waals surface area contributed by atoms with Gasteiger partial charge in [-0.05, 0) is 44.5 Å². The van der Waals surface area contributed by atoms with Crippen molar-refractivity contribution in [2.75, 3.05) is 7.11 Å². The molecule has 22 heavy (non-hydrogen) atoms. The molecule has 0 aliphatic carbocycles. The number of ether oxygens (including phenoxy) is 1. The smallest absolute Gasteiger partial charge is 0.175 e. The summed E-state index contributed by atoms with van der Waals surface area (Å²) in [5.74, 6) is 2.34. The lowest BCUT2D eigenvalue weighted by Gasteiger charge is -2.34. The SMILES string of the molecule is COc1ccc2c(c1)CN(C(C)C)NC2=Nc1cc(C)[nH]n1. The van der Waals surface area contributed by atoms with E-state index in [9.17, 15) is 0 Å². The summed E-state index contributed by atoms with van der Waals surface area (Å²) >= 11 is 0. The first kappa shape index (κ1) is 14.6. The number of nitrogens with one attached hydrogen (secondary N) is 2. The van der Waals surface area contributed by atoms with E-state index in [0.717, 1.165) is 29.4 Å². The molecule has 0 fully saturated rings. The summed E-state index contributed by atoms with van der Waals surface area (Å²) < 4.78 is 5.34. The summed E-state index contributed by atoms with van der Waals surface area (Å²) in [6.07, 6.45) is 0. The predicted octanol–water partition coefficient (Wildman–Crippen LogP) is 2.53. The van der Waals surface area contributed by atoms with Crippen LogP contribution in [0.3, 0.4) is 0 Å². The zero-order chi connectivity index (χ0) is 15.7. The van der Waals surface area contributed by atoms with E-state index >= 15 is 0 Å². The molecule has 0 saturated carbocycles. The van der Waals surface area contributed by atoms with Crippen molar-refractivity contribution in [1.82, 2.24) is 20.6 Å². The molecular weight excluding hydrogens is 278 g/mol. The van der Waals surface area contributed by atoms with E-state index in [0.29, 0.717) is 11.9 Å². The first-order valence-corrected chi connectivity index (χ1v) is 7.38. The number of aromatic nitrogens is 2. The minimum atomic E-state index is 0.352. The fourth-order valence-electron chi connectivity index (χ4n) is 2.45. The van der Waals surface area contributed by atoms with Crippen molar-refractivity contribution >= 4 is 11.7 Å².